The van der Waals surface area contributed by atoms with Crippen molar-refractivity contribution in [2.45, 2.75) is 31.4 Å². The van der Waals surface area contributed by atoms with Crippen LogP contribution in [-0.2, 0) is 14.3 Å². The van der Waals surface area contributed by atoms with Crippen LogP contribution >= 0.6 is 0 Å². The van der Waals surface area contributed by atoms with Gasteiger partial charge in [0, 0.05) is 12.0 Å². The SMILES string of the molecule is O=[C]CCC[C@@H](NC(=O)c1ccccc1)C(=O)OC(c1ccccc1)c1ccccc1. The van der Waals surface area contributed by atoms with Gasteiger partial charge in [0.15, 0.2) is 12.4 Å². The molecule has 5 nitrogen and oxygen atoms in total. The molecule has 1 N–H and O–H groups in total. The molecule has 1 radical (unpaired) electrons. The Morgan fingerprint density at radius 1 is 0.806 bits per heavy atom. The van der Waals surface area contributed by atoms with Crippen molar-refractivity contribution in [1.82, 2.24) is 5.32 Å². The summed E-state index contributed by atoms with van der Waals surface area (Å²) < 4.78 is 5.90. The van der Waals surface area contributed by atoms with Gasteiger partial charge in [-0.05, 0) is 36.1 Å². The lowest BCUT2D eigenvalue weighted by molar-refractivity contribution is -0.150. The molecule has 0 spiro atoms. The maximum absolute atomic E-state index is 13.1. The standard InChI is InChI=1S/C26H24NO4/c28-19-11-10-18-23(27-25(29)22-16-8-3-9-17-22)26(30)31-24(20-12-4-1-5-13-20)21-14-6-2-7-15-21/h1-9,12-17,23-24H,10-11,18H2,(H,27,29)/t23-/m1/s1. The molecule has 0 bridgehead atoms. The molecule has 0 aromatic heterocycles. The molecule has 3 rings (SSSR count). The summed E-state index contributed by atoms with van der Waals surface area (Å²) in [7, 11) is 0. The zero-order valence-corrected chi connectivity index (χ0v) is 17.1. The Morgan fingerprint density at radius 3 is 1.84 bits per heavy atom. The highest BCUT2D eigenvalue weighted by atomic mass is 16.5. The summed E-state index contributed by atoms with van der Waals surface area (Å²) in [6.07, 6.45) is 2.10. The molecule has 1 amide bonds. The van der Waals surface area contributed by atoms with Crippen LogP contribution in [0.5, 0.6) is 0 Å². The van der Waals surface area contributed by atoms with Gasteiger partial charge in [0.1, 0.15) is 6.04 Å². The first kappa shape index (κ1) is 22.0. The number of amides is 1. The number of hydrogen-bond donors (Lipinski definition) is 1. The molecule has 157 valence electrons. The van der Waals surface area contributed by atoms with Gasteiger partial charge in [-0.1, -0.05) is 78.9 Å². The molecule has 0 saturated heterocycles. The van der Waals surface area contributed by atoms with Gasteiger partial charge in [-0.2, -0.15) is 0 Å². The van der Waals surface area contributed by atoms with E-state index in [4.69, 9.17) is 4.74 Å². The molecule has 3 aromatic rings. The van der Waals surface area contributed by atoms with E-state index < -0.39 is 18.1 Å². The van der Waals surface area contributed by atoms with E-state index in [0.29, 0.717) is 12.0 Å². The second kappa shape index (κ2) is 11.5. The highest BCUT2D eigenvalue weighted by Gasteiger charge is 2.27. The van der Waals surface area contributed by atoms with E-state index in [0.717, 1.165) is 11.1 Å². The minimum Gasteiger partial charge on any atom is -0.451 e. The molecular weight excluding hydrogens is 390 g/mol. The maximum Gasteiger partial charge on any atom is 0.329 e. The topological polar surface area (TPSA) is 72.5 Å². The first-order valence-corrected chi connectivity index (χ1v) is 10.2. The summed E-state index contributed by atoms with van der Waals surface area (Å²) in [5.74, 6) is -0.915. The van der Waals surface area contributed by atoms with Gasteiger partial charge in [0.25, 0.3) is 5.91 Å². The van der Waals surface area contributed by atoms with Gasteiger partial charge in [-0.15, -0.1) is 0 Å². The Bertz CT molecular complexity index is 935. The van der Waals surface area contributed by atoms with E-state index in [9.17, 15) is 14.4 Å². The predicted octanol–water partition coefficient (Wildman–Crippen LogP) is 4.40. The van der Waals surface area contributed by atoms with Crippen molar-refractivity contribution >= 4 is 18.2 Å². The Balaban J connectivity index is 1.80. The van der Waals surface area contributed by atoms with Crippen LogP contribution in [0, 0.1) is 0 Å². The number of hydrogen-bond acceptors (Lipinski definition) is 4. The monoisotopic (exact) mass is 414 g/mol. The number of carbonyl (C=O) groups excluding carboxylic acids is 3. The fraction of sp³-hybridized carbons (Fsp3) is 0.192. The Labute approximate surface area is 182 Å². The summed E-state index contributed by atoms with van der Waals surface area (Å²) in [6, 6.07) is 26.7. The Hall–Kier alpha value is -3.73. The normalized spacial score (nSPS) is 11.5. The minimum atomic E-state index is -0.879. The van der Waals surface area contributed by atoms with Crippen molar-refractivity contribution in [1.29, 1.82) is 0 Å². The van der Waals surface area contributed by atoms with E-state index >= 15 is 0 Å². The largest absolute Gasteiger partial charge is 0.451 e. The summed E-state index contributed by atoms with van der Waals surface area (Å²) in [5, 5.41) is 2.76. The second-order valence-electron chi connectivity index (χ2n) is 7.07. The van der Waals surface area contributed by atoms with Gasteiger partial charge in [-0.25, -0.2) is 4.79 Å². The van der Waals surface area contributed by atoms with E-state index in [-0.39, 0.29) is 18.7 Å². The van der Waals surface area contributed by atoms with Crippen LogP contribution in [-0.4, -0.2) is 24.2 Å². The second-order valence-corrected chi connectivity index (χ2v) is 7.07. The minimum absolute atomic E-state index is 0.186. The van der Waals surface area contributed by atoms with Crippen molar-refractivity contribution in [2.75, 3.05) is 0 Å². The number of esters is 1. The summed E-state index contributed by atoms with van der Waals surface area (Å²) in [6.45, 7) is 0. The Kier molecular flexibility index (Phi) is 8.12. The molecule has 31 heavy (non-hydrogen) atoms. The van der Waals surface area contributed by atoms with Crippen molar-refractivity contribution in [3.8, 4) is 0 Å². The van der Waals surface area contributed by atoms with Crippen LogP contribution in [0.1, 0.15) is 46.9 Å². The fourth-order valence-electron chi connectivity index (χ4n) is 3.24. The van der Waals surface area contributed by atoms with Gasteiger partial charge < -0.3 is 10.1 Å². The van der Waals surface area contributed by atoms with E-state index in [2.05, 4.69) is 5.32 Å². The van der Waals surface area contributed by atoms with Crippen LogP contribution in [0.25, 0.3) is 0 Å². The molecule has 1 atom stereocenters. The molecule has 0 heterocycles. The van der Waals surface area contributed by atoms with Crippen LogP contribution in [0.4, 0.5) is 0 Å². The van der Waals surface area contributed by atoms with E-state index in [1.807, 2.05) is 73.0 Å². The first-order valence-electron chi connectivity index (χ1n) is 10.2. The van der Waals surface area contributed by atoms with Crippen molar-refractivity contribution < 1.29 is 19.1 Å². The van der Waals surface area contributed by atoms with Gasteiger partial charge >= 0.3 is 5.97 Å². The average Bonchev–Trinajstić information content (AvgIpc) is 2.83. The summed E-state index contributed by atoms with van der Waals surface area (Å²) in [4.78, 5) is 36.4. The lowest BCUT2D eigenvalue weighted by Gasteiger charge is -2.23. The molecular formula is C26H24NO4. The molecule has 0 aliphatic carbocycles. The first-order chi connectivity index (χ1) is 15.2. The lowest BCUT2D eigenvalue weighted by atomic mass is 10.0. The third-order valence-corrected chi connectivity index (χ3v) is 4.84. The smallest absolute Gasteiger partial charge is 0.329 e. The van der Waals surface area contributed by atoms with E-state index in [1.54, 1.807) is 24.3 Å². The predicted molar refractivity (Wildman–Crippen MR) is 118 cm³/mol. The number of ether oxygens (including phenoxy) is 1. The average molecular weight is 414 g/mol. The molecule has 0 aliphatic heterocycles. The molecule has 0 fully saturated rings. The number of nitrogens with one attached hydrogen (secondary N) is 1. The molecule has 0 aliphatic rings. The molecule has 5 heteroatoms. The number of rotatable bonds is 10. The third kappa shape index (κ3) is 6.37. The van der Waals surface area contributed by atoms with Gasteiger partial charge in [-0.3, -0.25) is 9.59 Å². The zero-order chi connectivity index (χ0) is 21.9. The highest BCUT2D eigenvalue weighted by molar-refractivity contribution is 5.96. The lowest BCUT2D eigenvalue weighted by Crippen LogP contribution is -2.42. The van der Waals surface area contributed by atoms with Crippen molar-refractivity contribution in [3.05, 3.63) is 108 Å². The number of carbonyl (C=O) groups is 2. The van der Waals surface area contributed by atoms with Crippen molar-refractivity contribution in [3.63, 3.8) is 0 Å². The van der Waals surface area contributed by atoms with Crippen LogP contribution in [0.3, 0.4) is 0 Å². The summed E-state index contributed by atoms with van der Waals surface area (Å²) >= 11 is 0. The van der Waals surface area contributed by atoms with Gasteiger partial charge in [0.05, 0.1) is 0 Å². The molecule has 3 aromatic carbocycles. The van der Waals surface area contributed by atoms with Crippen LogP contribution in [0.2, 0.25) is 0 Å². The number of unbranched alkanes of at least 4 members (excludes halogenated alkanes) is 1. The van der Waals surface area contributed by atoms with Crippen LogP contribution < -0.4 is 5.32 Å². The highest BCUT2D eigenvalue weighted by Crippen LogP contribution is 2.26. The van der Waals surface area contributed by atoms with Crippen molar-refractivity contribution in [2.24, 2.45) is 0 Å². The van der Waals surface area contributed by atoms with Gasteiger partial charge in [0.2, 0.25) is 0 Å². The third-order valence-electron chi connectivity index (χ3n) is 4.84. The quantitative estimate of drug-likeness (QED) is 0.394. The fourth-order valence-corrected chi connectivity index (χ4v) is 3.24. The summed E-state index contributed by atoms with van der Waals surface area (Å²) in [5.41, 5.74) is 2.11. The Morgan fingerprint density at radius 2 is 1.32 bits per heavy atom. The molecule has 0 saturated carbocycles. The zero-order valence-electron chi connectivity index (χ0n) is 17.1. The van der Waals surface area contributed by atoms with E-state index in [1.165, 1.54) is 0 Å². The maximum atomic E-state index is 13.1. The van der Waals surface area contributed by atoms with Crippen LogP contribution in [0.15, 0.2) is 91.0 Å². The molecule has 0 unspecified atom stereocenters. The number of benzene rings is 3.